The van der Waals surface area contributed by atoms with Gasteiger partial charge in [0.2, 0.25) is 5.91 Å². The van der Waals surface area contributed by atoms with Crippen molar-refractivity contribution in [1.82, 2.24) is 14.8 Å². The summed E-state index contributed by atoms with van der Waals surface area (Å²) in [5.41, 5.74) is 2.07. The van der Waals surface area contributed by atoms with Crippen LogP contribution in [0.15, 0.2) is 42.7 Å². The van der Waals surface area contributed by atoms with Gasteiger partial charge < -0.3 is 10.0 Å². The Hall–Kier alpha value is -2.11. The minimum Gasteiger partial charge on any atom is -0.506 e. The van der Waals surface area contributed by atoms with Crippen LogP contribution in [0.3, 0.4) is 0 Å². The molecule has 1 fully saturated rings. The number of amides is 1. The summed E-state index contributed by atoms with van der Waals surface area (Å²) < 4.78 is 0. The van der Waals surface area contributed by atoms with Gasteiger partial charge in [-0.2, -0.15) is 0 Å². The summed E-state index contributed by atoms with van der Waals surface area (Å²) in [6.45, 7) is 4.24. The molecule has 0 atom stereocenters. The molecule has 3 rings (SSSR count). The zero-order valence-corrected chi connectivity index (χ0v) is 14.8. The Labute approximate surface area is 152 Å². The van der Waals surface area contributed by atoms with Gasteiger partial charge in [-0.1, -0.05) is 17.7 Å². The average Bonchev–Trinajstić information content (AvgIpc) is 2.85. The van der Waals surface area contributed by atoms with Crippen molar-refractivity contribution in [2.24, 2.45) is 0 Å². The second-order valence-electron chi connectivity index (χ2n) is 6.33. The van der Waals surface area contributed by atoms with E-state index < -0.39 is 0 Å². The van der Waals surface area contributed by atoms with Crippen molar-refractivity contribution in [3.05, 3.63) is 58.9 Å². The minimum absolute atomic E-state index is 0.0411. The van der Waals surface area contributed by atoms with Crippen LogP contribution in [-0.2, 0) is 17.8 Å². The normalized spacial score (nSPS) is 15.8. The maximum atomic E-state index is 12.6. The summed E-state index contributed by atoms with van der Waals surface area (Å²) >= 11 is 5.92. The van der Waals surface area contributed by atoms with Crippen molar-refractivity contribution in [2.45, 2.75) is 19.4 Å². The van der Waals surface area contributed by atoms with Gasteiger partial charge in [0.1, 0.15) is 5.75 Å². The van der Waals surface area contributed by atoms with E-state index in [1.54, 1.807) is 12.1 Å². The molecule has 1 aromatic carbocycles. The first-order valence-corrected chi connectivity index (χ1v) is 8.86. The fourth-order valence-corrected chi connectivity index (χ4v) is 3.27. The number of hydrogen-bond donors (Lipinski definition) is 1. The molecule has 132 valence electrons. The summed E-state index contributed by atoms with van der Waals surface area (Å²) in [5, 5.41) is 9.76. The molecule has 0 aliphatic carbocycles. The highest BCUT2D eigenvalue weighted by molar-refractivity contribution is 6.32. The van der Waals surface area contributed by atoms with Crippen LogP contribution in [0.2, 0.25) is 5.02 Å². The van der Waals surface area contributed by atoms with Crippen LogP contribution in [0, 0.1) is 0 Å². The predicted molar refractivity (Wildman–Crippen MR) is 97.5 cm³/mol. The number of aromatic nitrogens is 1. The molecule has 1 aromatic heterocycles. The van der Waals surface area contributed by atoms with Gasteiger partial charge in [-0.3, -0.25) is 14.7 Å². The van der Waals surface area contributed by atoms with Gasteiger partial charge >= 0.3 is 0 Å². The van der Waals surface area contributed by atoms with Crippen molar-refractivity contribution in [1.29, 1.82) is 0 Å². The molecule has 1 amide bonds. The van der Waals surface area contributed by atoms with Gasteiger partial charge in [0.05, 0.1) is 11.4 Å². The van der Waals surface area contributed by atoms with Crippen LogP contribution in [0.25, 0.3) is 0 Å². The van der Waals surface area contributed by atoms with Gasteiger partial charge in [-0.25, -0.2) is 0 Å². The summed E-state index contributed by atoms with van der Waals surface area (Å²) in [6.07, 6.45) is 4.90. The zero-order chi connectivity index (χ0) is 17.6. The second-order valence-corrected chi connectivity index (χ2v) is 6.74. The molecule has 0 unspecified atom stereocenters. The topological polar surface area (TPSA) is 56.7 Å². The van der Waals surface area contributed by atoms with E-state index in [4.69, 9.17) is 11.6 Å². The highest BCUT2D eigenvalue weighted by Crippen LogP contribution is 2.24. The molecule has 2 aromatic rings. The molecule has 1 saturated heterocycles. The van der Waals surface area contributed by atoms with Crippen LogP contribution in [0.5, 0.6) is 5.75 Å². The summed E-state index contributed by atoms with van der Waals surface area (Å²) in [4.78, 5) is 20.9. The highest BCUT2D eigenvalue weighted by atomic mass is 35.5. The van der Waals surface area contributed by atoms with Crippen LogP contribution >= 0.6 is 11.6 Å². The number of nitrogens with zero attached hydrogens (tertiary/aromatic N) is 3. The third-order valence-electron chi connectivity index (χ3n) is 4.46. The van der Waals surface area contributed by atoms with E-state index in [0.29, 0.717) is 6.42 Å². The lowest BCUT2D eigenvalue weighted by molar-refractivity contribution is -0.130. The van der Waals surface area contributed by atoms with Crippen molar-refractivity contribution < 1.29 is 9.90 Å². The molecule has 1 N–H and O–H groups in total. The van der Waals surface area contributed by atoms with Crippen LogP contribution in [-0.4, -0.2) is 52.0 Å². The van der Waals surface area contributed by atoms with E-state index in [-0.39, 0.29) is 16.7 Å². The van der Waals surface area contributed by atoms with E-state index in [0.717, 1.165) is 44.7 Å². The van der Waals surface area contributed by atoms with Crippen LogP contribution < -0.4 is 0 Å². The average molecular weight is 360 g/mol. The molecule has 1 aliphatic heterocycles. The Morgan fingerprint density at radius 1 is 1.08 bits per heavy atom. The largest absolute Gasteiger partial charge is 0.506 e. The van der Waals surface area contributed by atoms with Gasteiger partial charge in [-0.15, -0.1) is 0 Å². The Kier molecular flexibility index (Phi) is 5.89. The quantitative estimate of drug-likeness (QED) is 0.912. The van der Waals surface area contributed by atoms with Crippen LogP contribution in [0.1, 0.15) is 17.5 Å². The van der Waals surface area contributed by atoms with E-state index in [1.807, 2.05) is 29.4 Å². The predicted octanol–water partition coefficient (Wildman–Crippen LogP) is 2.72. The molecular formula is C19H22ClN3O2. The van der Waals surface area contributed by atoms with E-state index in [9.17, 15) is 9.90 Å². The number of benzene rings is 1. The lowest BCUT2D eigenvalue weighted by Gasteiger charge is -2.22. The van der Waals surface area contributed by atoms with Crippen molar-refractivity contribution in [2.75, 3.05) is 26.2 Å². The molecule has 6 heteroatoms. The molecular weight excluding hydrogens is 338 g/mol. The van der Waals surface area contributed by atoms with Crippen molar-refractivity contribution >= 4 is 17.5 Å². The number of pyridine rings is 1. The number of carbonyl (C=O) groups excluding carboxylic acids is 1. The molecule has 0 saturated carbocycles. The highest BCUT2D eigenvalue weighted by Gasteiger charge is 2.19. The lowest BCUT2D eigenvalue weighted by Crippen LogP contribution is -2.36. The maximum absolute atomic E-state index is 12.6. The first-order chi connectivity index (χ1) is 12.1. The van der Waals surface area contributed by atoms with E-state index >= 15 is 0 Å². The van der Waals surface area contributed by atoms with E-state index in [2.05, 4.69) is 9.88 Å². The fraction of sp³-hybridized carbons (Fsp3) is 0.368. The maximum Gasteiger partial charge on any atom is 0.227 e. The van der Waals surface area contributed by atoms with Crippen molar-refractivity contribution in [3.8, 4) is 5.75 Å². The Bertz CT molecular complexity index is 724. The molecule has 1 aliphatic rings. The Morgan fingerprint density at radius 2 is 1.88 bits per heavy atom. The summed E-state index contributed by atoms with van der Waals surface area (Å²) in [5.74, 6) is 0.145. The molecule has 0 radical (unpaired) electrons. The Morgan fingerprint density at radius 3 is 2.64 bits per heavy atom. The van der Waals surface area contributed by atoms with Crippen LogP contribution in [0.4, 0.5) is 0 Å². The number of hydrogen-bond acceptors (Lipinski definition) is 4. The molecule has 2 heterocycles. The second kappa shape index (κ2) is 8.32. The number of phenols is 1. The first-order valence-electron chi connectivity index (χ1n) is 8.48. The Balaban J connectivity index is 1.55. The number of carbonyl (C=O) groups is 1. The molecule has 0 spiro atoms. The number of rotatable bonds is 4. The first kappa shape index (κ1) is 17.7. The number of aromatic hydroxyl groups is 1. The minimum atomic E-state index is 0.0411. The standard InChI is InChI=1S/C19H22ClN3O2/c20-17-12-16(2-3-18(17)24)13-19(25)23-9-1-8-22(10-11-23)14-15-4-6-21-7-5-15/h2-7,12,24H,1,8-11,13-14H2. The monoisotopic (exact) mass is 359 g/mol. The van der Waals surface area contributed by atoms with Crippen molar-refractivity contribution in [3.63, 3.8) is 0 Å². The number of halogens is 1. The third-order valence-corrected chi connectivity index (χ3v) is 4.77. The SMILES string of the molecule is O=C(Cc1ccc(O)c(Cl)c1)N1CCCN(Cc2ccncc2)CC1. The third kappa shape index (κ3) is 4.94. The zero-order valence-electron chi connectivity index (χ0n) is 14.1. The lowest BCUT2D eigenvalue weighted by atomic mass is 10.1. The van der Waals surface area contributed by atoms with Gasteiger partial charge in [0.15, 0.2) is 0 Å². The van der Waals surface area contributed by atoms with E-state index in [1.165, 1.54) is 11.6 Å². The smallest absolute Gasteiger partial charge is 0.227 e. The van der Waals surface area contributed by atoms with Gasteiger partial charge in [0.25, 0.3) is 0 Å². The number of phenolic OH excluding ortho intramolecular Hbond substituents is 1. The fourth-order valence-electron chi connectivity index (χ4n) is 3.07. The molecule has 0 bridgehead atoms. The van der Waals surface area contributed by atoms with Gasteiger partial charge in [0, 0.05) is 45.1 Å². The molecule has 5 nitrogen and oxygen atoms in total. The summed E-state index contributed by atoms with van der Waals surface area (Å²) in [6, 6.07) is 8.99. The summed E-state index contributed by atoms with van der Waals surface area (Å²) in [7, 11) is 0. The molecule has 25 heavy (non-hydrogen) atoms. The van der Waals surface area contributed by atoms with Gasteiger partial charge in [-0.05, 0) is 41.8 Å².